The summed E-state index contributed by atoms with van der Waals surface area (Å²) in [5.74, 6) is 1.20. The zero-order chi connectivity index (χ0) is 25.0. The second-order valence-electron chi connectivity index (χ2n) is 9.92. The van der Waals surface area contributed by atoms with Crippen molar-refractivity contribution in [2.45, 2.75) is 57.8 Å². The van der Waals surface area contributed by atoms with Crippen molar-refractivity contribution < 1.29 is 14.3 Å². The van der Waals surface area contributed by atoms with E-state index in [2.05, 4.69) is 30.9 Å². The topological polar surface area (TPSA) is 136 Å². The van der Waals surface area contributed by atoms with Crippen molar-refractivity contribution in [1.29, 1.82) is 0 Å². The predicted octanol–water partition coefficient (Wildman–Crippen LogP) is 3.32. The summed E-state index contributed by atoms with van der Waals surface area (Å²) < 4.78 is 15.2. The molecule has 0 bridgehead atoms. The van der Waals surface area contributed by atoms with Gasteiger partial charge in [0, 0.05) is 37.5 Å². The molecule has 1 aliphatic carbocycles. The first-order valence-corrected chi connectivity index (χ1v) is 12.0. The number of hydrogen-bond acceptors (Lipinski definition) is 8. The Labute approximate surface area is 207 Å². The third-order valence-electron chi connectivity index (χ3n) is 6.91. The number of rotatable bonds is 6. The molecule has 1 saturated carbocycles. The molecule has 2 unspecified atom stereocenters. The first-order chi connectivity index (χ1) is 17.3. The standard InChI is InChI=1S/C24H29N9O3/c1-13-11-26-32(4)20(13)19-14(2)27-22(33-8-7-25-21(19)33)28-18-10-16(30-31-18)17-9-15(12-35-17)36-23(34)29-24(3)5-6-24/h7-8,10-11,15,17H,5-6,9,12H2,1-4H3,(H,29,34)(H2,27,28,30,31). The Hall–Kier alpha value is -3.93. The minimum atomic E-state index is -0.383. The van der Waals surface area contributed by atoms with E-state index in [0.717, 1.165) is 46.7 Å². The van der Waals surface area contributed by atoms with Gasteiger partial charge in [0.2, 0.25) is 5.95 Å². The number of carbonyl (C=O) groups excluding carboxylic acids is 1. The Balaban J connectivity index is 1.18. The molecular weight excluding hydrogens is 462 g/mol. The van der Waals surface area contributed by atoms with E-state index in [1.54, 1.807) is 6.20 Å². The van der Waals surface area contributed by atoms with Gasteiger partial charge in [-0.3, -0.25) is 14.2 Å². The van der Waals surface area contributed by atoms with Gasteiger partial charge in [0.25, 0.3) is 0 Å². The summed E-state index contributed by atoms with van der Waals surface area (Å²) in [7, 11) is 1.92. The average Bonchev–Trinajstić information content (AvgIpc) is 3.36. The van der Waals surface area contributed by atoms with Gasteiger partial charge in [-0.05, 0) is 39.2 Å². The molecule has 2 aliphatic rings. The second-order valence-corrected chi connectivity index (χ2v) is 9.92. The van der Waals surface area contributed by atoms with E-state index in [4.69, 9.17) is 14.5 Å². The van der Waals surface area contributed by atoms with Crippen molar-refractivity contribution in [1.82, 2.24) is 39.7 Å². The van der Waals surface area contributed by atoms with Gasteiger partial charge in [0.15, 0.2) is 11.5 Å². The number of carbonyl (C=O) groups is 1. The summed E-state index contributed by atoms with van der Waals surface area (Å²) in [6.07, 6.45) is 7.07. The first kappa shape index (κ1) is 22.5. The molecule has 2 fully saturated rings. The van der Waals surface area contributed by atoms with Gasteiger partial charge in [-0.2, -0.15) is 10.2 Å². The molecule has 4 aromatic rings. The molecule has 2 atom stereocenters. The zero-order valence-electron chi connectivity index (χ0n) is 20.7. The summed E-state index contributed by atoms with van der Waals surface area (Å²) in [6.45, 7) is 6.35. The van der Waals surface area contributed by atoms with Crippen LogP contribution in [0.25, 0.3) is 16.9 Å². The predicted molar refractivity (Wildman–Crippen MR) is 131 cm³/mol. The molecule has 0 aromatic carbocycles. The van der Waals surface area contributed by atoms with Crippen LogP contribution in [0.4, 0.5) is 16.6 Å². The highest BCUT2D eigenvalue weighted by atomic mass is 16.6. The van der Waals surface area contributed by atoms with Crippen LogP contribution >= 0.6 is 0 Å². The summed E-state index contributed by atoms with van der Waals surface area (Å²) in [5, 5.41) is 18.0. The average molecular weight is 492 g/mol. The summed E-state index contributed by atoms with van der Waals surface area (Å²) in [4.78, 5) is 21.5. The van der Waals surface area contributed by atoms with Gasteiger partial charge in [0.1, 0.15) is 12.2 Å². The highest BCUT2D eigenvalue weighted by Gasteiger charge is 2.40. The van der Waals surface area contributed by atoms with Crippen molar-refractivity contribution >= 4 is 23.5 Å². The monoisotopic (exact) mass is 491 g/mol. The number of alkyl carbamates (subject to hydrolysis) is 1. The fourth-order valence-electron chi connectivity index (χ4n) is 4.68. The van der Waals surface area contributed by atoms with E-state index in [-0.39, 0.29) is 23.8 Å². The van der Waals surface area contributed by atoms with Crippen molar-refractivity contribution in [3.05, 3.63) is 41.6 Å². The molecule has 6 rings (SSSR count). The number of aromatic amines is 1. The van der Waals surface area contributed by atoms with Crippen LogP contribution in [0.2, 0.25) is 0 Å². The molecular formula is C24H29N9O3. The number of H-pyrrole nitrogens is 1. The van der Waals surface area contributed by atoms with Crippen LogP contribution < -0.4 is 10.6 Å². The maximum atomic E-state index is 12.1. The quantitative estimate of drug-likeness (QED) is 0.374. The van der Waals surface area contributed by atoms with Gasteiger partial charge in [0.05, 0.1) is 35.4 Å². The van der Waals surface area contributed by atoms with Gasteiger partial charge >= 0.3 is 6.09 Å². The molecule has 1 saturated heterocycles. The maximum Gasteiger partial charge on any atom is 0.407 e. The molecule has 4 aromatic heterocycles. The van der Waals surface area contributed by atoms with Gasteiger partial charge in [-0.1, -0.05) is 0 Å². The van der Waals surface area contributed by atoms with Crippen LogP contribution in [0.15, 0.2) is 24.7 Å². The fourth-order valence-corrected chi connectivity index (χ4v) is 4.68. The van der Waals surface area contributed by atoms with E-state index in [1.165, 1.54) is 0 Å². The SMILES string of the molecule is Cc1cnn(C)c1-c1c(C)nc(Nc2cc(C3CC(OC(=O)NC4(C)CC4)CO3)[nH]n2)n2ccnc12. The lowest BCUT2D eigenvalue weighted by Gasteiger charge is -2.15. The molecule has 12 heteroatoms. The third kappa shape index (κ3) is 4.06. The number of fused-ring (bicyclic) bond motifs is 1. The number of anilines is 2. The van der Waals surface area contributed by atoms with Gasteiger partial charge in [-0.15, -0.1) is 0 Å². The van der Waals surface area contributed by atoms with Crippen molar-refractivity contribution in [3.8, 4) is 11.3 Å². The van der Waals surface area contributed by atoms with E-state index < -0.39 is 0 Å². The normalized spacial score (nSPS) is 20.6. The molecule has 0 radical (unpaired) electrons. The van der Waals surface area contributed by atoms with E-state index in [0.29, 0.717) is 24.8 Å². The van der Waals surface area contributed by atoms with Crippen LogP contribution in [0.5, 0.6) is 0 Å². The van der Waals surface area contributed by atoms with Crippen LogP contribution in [-0.2, 0) is 16.5 Å². The molecule has 36 heavy (non-hydrogen) atoms. The van der Waals surface area contributed by atoms with E-state index in [9.17, 15) is 4.79 Å². The van der Waals surface area contributed by atoms with Gasteiger partial charge in [-0.25, -0.2) is 14.8 Å². The minimum absolute atomic E-state index is 0.109. The Kier molecular flexibility index (Phi) is 5.21. The summed E-state index contributed by atoms with van der Waals surface area (Å²) in [6, 6.07) is 1.89. The highest BCUT2D eigenvalue weighted by Crippen LogP contribution is 2.35. The molecule has 188 valence electrons. The Morgan fingerprint density at radius 1 is 1.33 bits per heavy atom. The molecule has 1 aliphatic heterocycles. The summed E-state index contributed by atoms with van der Waals surface area (Å²) >= 11 is 0. The second kappa shape index (κ2) is 8.33. The van der Waals surface area contributed by atoms with Crippen molar-refractivity contribution in [3.63, 3.8) is 0 Å². The van der Waals surface area contributed by atoms with E-state index in [1.807, 2.05) is 55.4 Å². The fraction of sp³-hybridized carbons (Fsp3) is 0.458. The van der Waals surface area contributed by atoms with Crippen LogP contribution in [0.1, 0.15) is 49.2 Å². The van der Waals surface area contributed by atoms with Crippen LogP contribution in [-0.4, -0.2) is 58.7 Å². The van der Waals surface area contributed by atoms with E-state index >= 15 is 0 Å². The maximum absolute atomic E-state index is 12.1. The van der Waals surface area contributed by atoms with Crippen LogP contribution in [0, 0.1) is 13.8 Å². The molecule has 3 N–H and O–H groups in total. The lowest BCUT2D eigenvalue weighted by atomic mass is 10.1. The Morgan fingerprint density at radius 2 is 2.17 bits per heavy atom. The number of nitrogens with zero attached hydrogens (tertiary/aromatic N) is 6. The number of imidazole rings is 1. The Morgan fingerprint density at radius 3 is 2.92 bits per heavy atom. The smallest absolute Gasteiger partial charge is 0.407 e. The lowest BCUT2D eigenvalue weighted by Crippen LogP contribution is -2.37. The largest absolute Gasteiger partial charge is 0.444 e. The molecule has 0 spiro atoms. The number of nitrogens with one attached hydrogen (secondary N) is 3. The lowest BCUT2D eigenvalue weighted by molar-refractivity contribution is 0.0675. The number of hydrogen-bond donors (Lipinski definition) is 3. The third-order valence-corrected chi connectivity index (χ3v) is 6.91. The van der Waals surface area contributed by atoms with Crippen LogP contribution in [0.3, 0.4) is 0 Å². The van der Waals surface area contributed by atoms with Crippen molar-refractivity contribution in [2.24, 2.45) is 7.05 Å². The number of amides is 1. The molecule has 12 nitrogen and oxygen atoms in total. The zero-order valence-corrected chi connectivity index (χ0v) is 20.7. The number of aryl methyl sites for hydroxylation is 3. The number of ether oxygens (including phenoxy) is 2. The molecule has 1 amide bonds. The Bertz CT molecular complexity index is 1430. The van der Waals surface area contributed by atoms with Gasteiger partial charge < -0.3 is 20.1 Å². The minimum Gasteiger partial charge on any atom is -0.444 e. The summed E-state index contributed by atoms with van der Waals surface area (Å²) in [5.41, 5.74) is 5.29. The number of aromatic nitrogens is 7. The first-order valence-electron chi connectivity index (χ1n) is 12.0. The highest BCUT2D eigenvalue weighted by molar-refractivity contribution is 5.80. The molecule has 5 heterocycles. The van der Waals surface area contributed by atoms with Crippen molar-refractivity contribution in [2.75, 3.05) is 11.9 Å².